The molecule has 18 heavy (non-hydrogen) atoms. The van der Waals surface area contributed by atoms with E-state index in [-0.39, 0.29) is 12.0 Å². The number of esters is 2. The number of carbonyl (C=O) groups is 2. The molecule has 1 aromatic heterocycles. The topological polar surface area (TPSA) is 78.4 Å². The maximum atomic E-state index is 11.6. The summed E-state index contributed by atoms with van der Waals surface area (Å²) in [4.78, 5) is 22.8. The van der Waals surface area contributed by atoms with Crippen molar-refractivity contribution in [2.45, 2.75) is 32.8 Å². The average Bonchev–Trinajstić information content (AvgIpc) is 2.25. The van der Waals surface area contributed by atoms with Crippen molar-refractivity contribution >= 4 is 11.9 Å². The SMILES string of the molecule is COC(=O)c1cnnc(CC(=O)OC(C)(C)C)c1. The van der Waals surface area contributed by atoms with Gasteiger partial charge in [-0.25, -0.2) is 4.79 Å². The summed E-state index contributed by atoms with van der Waals surface area (Å²) in [5.41, 5.74) is 0.0722. The first-order valence-electron chi connectivity index (χ1n) is 5.43. The van der Waals surface area contributed by atoms with Crippen LogP contribution in [0.5, 0.6) is 0 Å². The van der Waals surface area contributed by atoms with Crippen molar-refractivity contribution in [3.8, 4) is 0 Å². The molecule has 0 amide bonds. The number of aromatic nitrogens is 2. The molecule has 0 fully saturated rings. The summed E-state index contributed by atoms with van der Waals surface area (Å²) < 4.78 is 9.70. The maximum Gasteiger partial charge on any atom is 0.339 e. The highest BCUT2D eigenvalue weighted by molar-refractivity contribution is 5.89. The van der Waals surface area contributed by atoms with Gasteiger partial charge in [-0.05, 0) is 26.8 Å². The third kappa shape index (κ3) is 4.48. The molecule has 0 aliphatic heterocycles. The molecule has 1 rings (SSSR count). The molecule has 0 N–H and O–H groups in total. The lowest BCUT2D eigenvalue weighted by atomic mass is 10.2. The summed E-state index contributed by atoms with van der Waals surface area (Å²) in [7, 11) is 1.27. The van der Waals surface area contributed by atoms with Crippen LogP contribution in [0.25, 0.3) is 0 Å². The molecule has 0 bridgehead atoms. The maximum absolute atomic E-state index is 11.6. The third-order valence-corrected chi connectivity index (χ3v) is 1.87. The van der Waals surface area contributed by atoms with E-state index in [0.717, 1.165) is 0 Å². The number of methoxy groups -OCH3 is 1. The van der Waals surface area contributed by atoms with E-state index in [0.29, 0.717) is 5.69 Å². The van der Waals surface area contributed by atoms with E-state index >= 15 is 0 Å². The minimum Gasteiger partial charge on any atom is -0.465 e. The Labute approximate surface area is 105 Å². The molecule has 98 valence electrons. The minimum absolute atomic E-state index is 0.0326. The lowest BCUT2D eigenvalue weighted by molar-refractivity contribution is -0.154. The zero-order chi connectivity index (χ0) is 13.8. The third-order valence-electron chi connectivity index (χ3n) is 1.87. The van der Waals surface area contributed by atoms with E-state index in [2.05, 4.69) is 14.9 Å². The van der Waals surface area contributed by atoms with Gasteiger partial charge in [0.15, 0.2) is 0 Å². The molecular formula is C12H16N2O4. The fourth-order valence-corrected chi connectivity index (χ4v) is 1.25. The van der Waals surface area contributed by atoms with Gasteiger partial charge in [0, 0.05) is 0 Å². The number of hydrogen-bond acceptors (Lipinski definition) is 6. The smallest absolute Gasteiger partial charge is 0.339 e. The van der Waals surface area contributed by atoms with Crippen molar-refractivity contribution < 1.29 is 19.1 Å². The summed E-state index contributed by atoms with van der Waals surface area (Å²) in [6, 6.07) is 1.46. The summed E-state index contributed by atoms with van der Waals surface area (Å²) in [6.07, 6.45) is 1.25. The van der Waals surface area contributed by atoms with Gasteiger partial charge in [0.25, 0.3) is 0 Å². The predicted octanol–water partition coefficient (Wildman–Crippen LogP) is 1.15. The Morgan fingerprint density at radius 1 is 1.33 bits per heavy atom. The van der Waals surface area contributed by atoms with Crippen LogP contribution >= 0.6 is 0 Å². The first kappa shape index (κ1) is 14.1. The van der Waals surface area contributed by atoms with E-state index in [1.165, 1.54) is 19.4 Å². The number of carbonyl (C=O) groups excluding carboxylic acids is 2. The van der Waals surface area contributed by atoms with E-state index in [1.54, 1.807) is 20.8 Å². The quantitative estimate of drug-likeness (QED) is 0.751. The van der Waals surface area contributed by atoms with Crippen LogP contribution in [-0.2, 0) is 20.7 Å². The zero-order valence-corrected chi connectivity index (χ0v) is 10.9. The molecule has 6 nitrogen and oxygen atoms in total. The van der Waals surface area contributed by atoms with Crippen molar-refractivity contribution in [3.63, 3.8) is 0 Å². The van der Waals surface area contributed by atoms with Crippen molar-refractivity contribution in [1.82, 2.24) is 10.2 Å². The van der Waals surface area contributed by atoms with Gasteiger partial charge in [-0.3, -0.25) is 4.79 Å². The normalized spacial score (nSPS) is 10.9. The Morgan fingerprint density at radius 2 is 2.00 bits per heavy atom. The average molecular weight is 252 g/mol. The van der Waals surface area contributed by atoms with Crippen LogP contribution in [0, 0.1) is 0 Å². The number of hydrogen-bond donors (Lipinski definition) is 0. The molecule has 0 saturated carbocycles. The first-order chi connectivity index (χ1) is 8.31. The summed E-state index contributed by atoms with van der Waals surface area (Å²) in [5.74, 6) is -0.936. The molecule has 0 saturated heterocycles. The second-order valence-electron chi connectivity index (χ2n) is 4.69. The Hall–Kier alpha value is -1.98. The summed E-state index contributed by atoms with van der Waals surface area (Å²) in [5, 5.41) is 7.41. The molecular weight excluding hydrogens is 236 g/mol. The lowest BCUT2D eigenvalue weighted by Gasteiger charge is -2.19. The van der Waals surface area contributed by atoms with Crippen LogP contribution in [0.2, 0.25) is 0 Å². The zero-order valence-electron chi connectivity index (χ0n) is 10.9. The highest BCUT2D eigenvalue weighted by Crippen LogP contribution is 2.09. The standard InChI is InChI=1S/C12H16N2O4/c1-12(2,3)18-10(15)6-9-5-8(7-13-14-9)11(16)17-4/h5,7H,6H2,1-4H3. The van der Waals surface area contributed by atoms with Crippen molar-refractivity contribution in [2.24, 2.45) is 0 Å². The van der Waals surface area contributed by atoms with Crippen LogP contribution in [0.15, 0.2) is 12.3 Å². The molecule has 0 unspecified atom stereocenters. The molecule has 6 heteroatoms. The fourth-order valence-electron chi connectivity index (χ4n) is 1.25. The van der Waals surface area contributed by atoms with E-state index in [1.807, 2.05) is 0 Å². The molecule has 1 heterocycles. The van der Waals surface area contributed by atoms with Crippen LogP contribution in [-0.4, -0.2) is 34.8 Å². The first-order valence-corrected chi connectivity index (χ1v) is 5.43. The van der Waals surface area contributed by atoms with E-state index < -0.39 is 17.5 Å². The van der Waals surface area contributed by atoms with Gasteiger partial charge in [0.1, 0.15) is 5.60 Å². The highest BCUT2D eigenvalue weighted by Gasteiger charge is 2.18. The van der Waals surface area contributed by atoms with Crippen LogP contribution in [0.4, 0.5) is 0 Å². The lowest BCUT2D eigenvalue weighted by Crippen LogP contribution is -2.25. The Bertz CT molecular complexity index is 452. The molecule has 0 aliphatic carbocycles. The predicted molar refractivity (Wildman–Crippen MR) is 62.9 cm³/mol. The highest BCUT2D eigenvalue weighted by atomic mass is 16.6. The van der Waals surface area contributed by atoms with Crippen LogP contribution in [0.3, 0.4) is 0 Å². The van der Waals surface area contributed by atoms with Gasteiger partial charge in [-0.1, -0.05) is 0 Å². The van der Waals surface area contributed by atoms with Crippen LogP contribution < -0.4 is 0 Å². The van der Waals surface area contributed by atoms with Crippen molar-refractivity contribution in [2.75, 3.05) is 7.11 Å². The van der Waals surface area contributed by atoms with Gasteiger partial charge < -0.3 is 9.47 Å². The van der Waals surface area contributed by atoms with Crippen LogP contribution in [0.1, 0.15) is 36.8 Å². The van der Waals surface area contributed by atoms with Crippen molar-refractivity contribution in [1.29, 1.82) is 0 Å². The summed E-state index contributed by atoms with van der Waals surface area (Å²) in [6.45, 7) is 5.34. The largest absolute Gasteiger partial charge is 0.465 e. The van der Waals surface area contributed by atoms with Crippen molar-refractivity contribution in [3.05, 3.63) is 23.5 Å². The molecule has 0 aromatic carbocycles. The minimum atomic E-state index is -0.551. The monoisotopic (exact) mass is 252 g/mol. The molecule has 0 radical (unpaired) electrons. The van der Waals surface area contributed by atoms with Gasteiger partial charge in [-0.15, -0.1) is 0 Å². The summed E-state index contributed by atoms with van der Waals surface area (Å²) >= 11 is 0. The van der Waals surface area contributed by atoms with Gasteiger partial charge >= 0.3 is 11.9 Å². The Kier molecular flexibility index (Phi) is 4.36. The second-order valence-corrected chi connectivity index (χ2v) is 4.69. The number of nitrogens with zero attached hydrogens (tertiary/aromatic N) is 2. The van der Waals surface area contributed by atoms with Gasteiger partial charge in [0.05, 0.1) is 31.0 Å². The van der Waals surface area contributed by atoms with Gasteiger partial charge in [-0.2, -0.15) is 10.2 Å². The molecule has 0 atom stereocenters. The van der Waals surface area contributed by atoms with E-state index in [9.17, 15) is 9.59 Å². The van der Waals surface area contributed by atoms with E-state index in [4.69, 9.17) is 4.74 Å². The Balaban J connectivity index is 2.74. The Morgan fingerprint density at radius 3 is 2.56 bits per heavy atom. The molecule has 0 aliphatic rings. The fraction of sp³-hybridized carbons (Fsp3) is 0.500. The van der Waals surface area contributed by atoms with Gasteiger partial charge in [0.2, 0.25) is 0 Å². The number of ether oxygens (including phenoxy) is 2. The second kappa shape index (κ2) is 5.57. The molecule has 0 spiro atoms. The number of rotatable bonds is 3. The molecule has 1 aromatic rings.